The average molecular weight is 403 g/mol. The minimum atomic E-state index is -2.71. The van der Waals surface area contributed by atoms with Crippen LogP contribution in [0.5, 0.6) is 0 Å². The molecule has 1 saturated heterocycles. The molecule has 1 heterocycles. The number of hydrogen-bond acceptors (Lipinski definition) is 5. The van der Waals surface area contributed by atoms with Gasteiger partial charge in [0.1, 0.15) is 18.3 Å². The molecule has 5 nitrogen and oxygen atoms in total. The van der Waals surface area contributed by atoms with Crippen LogP contribution in [0.4, 0.5) is 0 Å². The van der Waals surface area contributed by atoms with Gasteiger partial charge < -0.3 is 24.1 Å². The molecule has 3 rings (SSSR count). The fourth-order valence-electron chi connectivity index (χ4n) is 4.08. The molecule has 0 bridgehead atoms. The fraction of sp³-hybridized carbons (Fsp3) is 0.455. The van der Waals surface area contributed by atoms with Crippen LogP contribution in [0.2, 0.25) is 5.04 Å². The Kier molecular flexibility index (Phi) is 6.39. The topological polar surface area (TPSA) is 68.2 Å². The maximum atomic E-state index is 10.5. The van der Waals surface area contributed by atoms with Gasteiger partial charge in [-0.3, -0.25) is 0 Å². The number of aliphatic hydroxyl groups is 2. The Hall–Kier alpha value is -1.54. The van der Waals surface area contributed by atoms with E-state index in [1.165, 1.54) is 7.11 Å². The molecule has 28 heavy (non-hydrogen) atoms. The summed E-state index contributed by atoms with van der Waals surface area (Å²) < 4.78 is 17.4. The Morgan fingerprint density at radius 1 is 0.929 bits per heavy atom. The van der Waals surface area contributed by atoms with Crippen molar-refractivity contribution in [2.24, 2.45) is 0 Å². The maximum absolute atomic E-state index is 10.5. The predicted octanol–water partition coefficient (Wildman–Crippen LogP) is 1.66. The molecule has 0 aliphatic carbocycles. The Bertz CT molecular complexity index is 707. The van der Waals surface area contributed by atoms with Gasteiger partial charge in [-0.1, -0.05) is 81.4 Å². The minimum Gasteiger partial charge on any atom is -0.405 e. The summed E-state index contributed by atoms with van der Waals surface area (Å²) in [6.45, 7) is 6.75. The quantitative estimate of drug-likeness (QED) is 0.720. The molecule has 0 radical (unpaired) electrons. The molecular weight excluding hydrogens is 372 g/mol. The van der Waals surface area contributed by atoms with E-state index in [1.807, 2.05) is 36.4 Å². The van der Waals surface area contributed by atoms with Crippen LogP contribution in [0, 0.1) is 0 Å². The second kappa shape index (κ2) is 8.45. The van der Waals surface area contributed by atoms with Gasteiger partial charge in [0, 0.05) is 7.11 Å². The van der Waals surface area contributed by atoms with E-state index in [1.54, 1.807) is 0 Å². The van der Waals surface area contributed by atoms with Gasteiger partial charge >= 0.3 is 0 Å². The van der Waals surface area contributed by atoms with E-state index < -0.39 is 32.9 Å². The van der Waals surface area contributed by atoms with Crippen molar-refractivity contribution in [3.05, 3.63) is 60.7 Å². The van der Waals surface area contributed by atoms with E-state index in [2.05, 4.69) is 45.0 Å². The van der Waals surface area contributed by atoms with Crippen LogP contribution in [-0.2, 0) is 13.9 Å². The number of aliphatic hydroxyl groups excluding tert-OH is 2. The van der Waals surface area contributed by atoms with E-state index in [9.17, 15) is 10.2 Å². The first kappa shape index (κ1) is 21.2. The molecule has 1 aliphatic rings. The first-order valence-electron chi connectivity index (χ1n) is 9.60. The number of methoxy groups -OCH3 is 1. The summed E-state index contributed by atoms with van der Waals surface area (Å²) in [7, 11) is -1.26. The average Bonchev–Trinajstić information content (AvgIpc) is 2.95. The molecule has 0 amide bonds. The van der Waals surface area contributed by atoms with Crippen LogP contribution in [0.25, 0.3) is 0 Å². The molecule has 0 spiro atoms. The third kappa shape index (κ3) is 3.81. The normalized spacial score (nSPS) is 25.8. The van der Waals surface area contributed by atoms with Gasteiger partial charge in [-0.25, -0.2) is 0 Å². The summed E-state index contributed by atoms with van der Waals surface area (Å²) >= 11 is 0. The second-order valence-electron chi connectivity index (χ2n) is 8.23. The lowest BCUT2D eigenvalue weighted by Crippen LogP contribution is -2.67. The first-order valence-corrected chi connectivity index (χ1v) is 11.5. The van der Waals surface area contributed by atoms with E-state index in [-0.39, 0.29) is 11.6 Å². The van der Waals surface area contributed by atoms with Crippen molar-refractivity contribution in [1.82, 2.24) is 0 Å². The highest BCUT2D eigenvalue weighted by Crippen LogP contribution is 2.37. The van der Waals surface area contributed by atoms with E-state index in [0.717, 1.165) is 10.4 Å². The summed E-state index contributed by atoms with van der Waals surface area (Å²) in [5.74, 6) is 0. The standard InChI is InChI=1S/C22H30O5Si/c1-22(2,3)28(16-11-7-5-8-12-16,17-13-9-6-10-14-17)26-15-18-19(23)20(25-4)21(24)27-18/h5-14,18-21,23-24H,15H2,1-4H3/t18-,19+,20+,21+/m1/s1. The number of rotatable bonds is 6. The molecule has 1 fully saturated rings. The van der Waals surface area contributed by atoms with Crippen molar-refractivity contribution in [2.75, 3.05) is 13.7 Å². The molecule has 6 heteroatoms. The smallest absolute Gasteiger partial charge is 0.261 e. The molecule has 2 aromatic rings. The lowest BCUT2D eigenvalue weighted by molar-refractivity contribution is -0.139. The SMILES string of the molecule is CO[C@H]1[C@@H](O)[C@@H](CO[Si](c2ccccc2)(c2ccccc2)C(C)(C)C)O[C@@H]1O. The Balaban J connectivity index is 2.00. The molecule has 2 aromatic carbocycles. The van der Waals surface area contributed by atoms with Crippen LogP contribution >= 0.6 is 0 Å². The van der Waals surface area contributed by atoms with Crippen LogP contribution in [-0.4, -0.2) is 56.8 Å². The molecule has 152 valence electrons. The fourth-order valence-corrected chi connectivity index (χ4v) is 8.65. The highest BCUT2D eigenvalue weighted by Gasteiger charge is 2.52. The Morgan fingerprint density at radius 2 is 1.43 bits per heavy atom. The molecule has 1 aliphatic heterocycles. The van der Waals surface area contributed by atoms with Crippen molar-refractivity contribution in [3.63, 3.8) is 0 Å². The zero-order chi connectivity index (χ0) is 20.4. The molecule has 0 unspecified atom stereocenters. The molecule has 2 N–H and O–H groups in total. The van der Waals surface area contributed by atoms with Crippen molar-refractivity contribution in [2.45, 2.75) is 50.4 Å². The lowest BCUT2D eigenvalue weighted by atomic mass is 10.1. The van der Waals surface area contributed by atoms with Gasteiger partial charge in [-0.05, 0) is 15.4 Å². The van der Waals surface area contributed by atoms with Gasteiger partial charge in [-0.2, -0.15) is 0 Å². The van der Waals surface area contributed by atoms with Crippen molar-refractivity contribution >= 4 is 18.7 Å². The number of benzene rings is 2. The van der Waals surface area contributed by atoms with Gasteiger partial charge in [0.25, 0.3) is 8.32 Å². The summed E-state index contributed by atoms with van der Waals surface area (Å²) in [4.78, 5) is 0. The largest absolute Gasteiger partial charge is 0.405 e. The third-order valence-electron chi connectivity index (χ3n) is 5.47. The molecule has 0 saturated carbocycles. The number of hydrogen-bond donors (Lipinski definition) is 2. The van der Waals surface area contributed by atoms with Gasteiger partial charge in [0.15, 0.2) is 6.29 Å². The molecule has 4 atom stereocenters. The van der Waals surface area contributed by atoms with Crippen LogP contribution < -0.4 is 10.4 Å². The van der Waals surface area contributed by atoms with Gasteiger partial charge in [-0.15, -0.1) is 0 Å². The zero-order valence-electron chi connectivity index (χ0n) is 16.9. The minimum absolute atomic E-state index is 0.168. The molecular formula is C22H30O5Si. The van der Waals surface area contributed by atoms with Gasteiger partial charge in [0.2, 0.25) is 0 Å². The third-order valence-corrected chi connectivity index (χ3v) is 10.5. The van der Waals surface area contributed by atoms with Crippen molar-refractivity contribution in [3.8, 4) is 0 Å². The Morgan fingerprint density at radius 3 is 1.82 bits per heavy atom. The summed E-state index contributed by atoms with van der Waals surface area (Å²) in [5, 5.41) is 22.6. The van der Waals surface area contributed by atoms with E-state index in [4.69, 9.17) is 13.9 Å². The molecule has 0 aromatic heterocycles. The maximum Gasteiger partial charge on any atom is 0.261 e. The van der Waals surface area contributed by atoms with Crippen molar-refractivity contribution in [1.29, 1.82) is 0 Å². The van der Waals surface area contributed by atoms with E-state index in [0.29, 0.717) is 0 Å². The van der Waals surface area contributed by atoms with Crippen LogP contribution in [0.15, 0.2) is 60.7 Å². The second-order valence-corrected chi connectivity index (χ2v) is 12.5. The van der Waals surface area contributed by atoms with E-state index >= 15 is 0 Å². The van der Waals surface area contributed by atoms with Crippen LogP contribution in [0.3, 0.4) is 0 Å². The van der Waals surface area contributed by atoms with Crippen molar-refractivity contribution < 1.29 is 24.1 Å². The zero-order valence-corrected chi connectivity index (χ0v) is 17.9. The highest BCUT2D eigenvalue weighted by atomic mass is 28.4. The highest BCUT2D eigenvalue weighted by molar-refractivity contribution is 6.99. The summed E-state index contributed by atoms with van der Waals surface area (Å²) in [5.41, 5.74) is 0. The van der Waals surface area contributed by atoms with Gasteiger partial charge in [0.05, 0.1) is 6.61 Å². The monoisotopic (exact) mass is 402 g/mol. The Labute approximate surface area is 168 Å². The predicted molar refractivity (Wildman–Crippen MR) is 111 cm³/mol. The lowest BCUT2D eigenvalue weighted by Gasteiger charge is -2.43. The summed E-state index contributed by atoms with van der Waals surface area (Å²) in [6.07, 6.45) is -3.53. The van der Waals surface area contributed by atoms with Crippen LogP contribution in [0.1, 0.15) is 20.8 Å². The summed E-state index contributed by atoms with van der Waals surface area (Å²) in [6, 6.07) is 20.6. The first-order chi connectivity index (χ1) is 13.3. The number of ether oxygens (including phenoxy) is 2.